The molecule has 172 valence electrons. The highest BCUT2D eigenvalue weighted by Gasteiger charge is 2.15. The Morgan fingerprint density at radius 2 is 1.68 bits per heavy atom. The Morgan fingerprint density at radius 1 is 0.882 bits per heavy atom. The van der Waals surface area contributed by atoms with Gasteiger partial charge in [0.2, 0.25) is 5.91 Å². The Morgan fingerprint density at radius 3 is 2.44 bits per heavy atom. The predicted octanol–water partition coefficient (Wildman–Crippen LogP) is 4.98. The van der Waals surface area contributed by atoms with Crippen molar-refractivity contribution in [2.45, 2.75) is 12.8 Å². The molecule has 0 spiro atoms. The van der Waals surface area contributed by atoms with Crippen molar-refractivity contribution in [2.75, 3.05) is 10.6 Å². The first-order valence-corrected chi connectivity index (χ1v) is 10.1. The average molecular weight is 466 g/mol. The van der Waals surface area contributed by atoms with E-state index in [0.29, 0.717) is 0 Å². The minimum atomic E-state index is -0.799. The third-order valence-corrected chi connectivity index (χ3v) is 4.72. The molecule has 4 rings (SSSR count). The fourth-order valence-corrected chi connectivity index (χ4v) is 3.09. The van der Waals surface area contributed by atoms with Crippen LogP contribution in [-0.2, 0) is 11.2 Å². The van der Waals surface area contributed by atoms with E-state index < -0.39 is 29.3 Å². The van der Waals surface area contributed by atoms with Crippen molar-refractivity contribution < 1.29 is 27.2 Å². The summed E-state index contributed by atoms with van der Waals surface area (Å²) in [5.41, 5.74) is 0.449. The van der Waals surface area contributed by atoms with E-state index in [2.05, 4.69) is 20.6 Å². The highest BCUT2D eigenvalue weighted by molar-refractivity contribution is 6.06. The first kappa shape index (κ1) is 22.7. The number of hydrogen-bond donors (Lipinski definition) is 2. The Labute approximate surface area is 191 Å². The maximum atomic E-state index is 13.9. The number of pyridine rings is 1. The molecule has 0 atom stereocenters. The summed E-state index contributed by atoms with van der Waals surface area (Å²) >= 11 is 0. The lowest BCUT2D eigenvalue weighted by molar-refractivity contribution is -0.116. The molecule has 0 aliphatic carbocycles. The predicted molar refractivity (Wildman–Crippen MR) is 117 cm³/mol. The van der Waals surface area contributed by atoms with E-state index in [4.69, 9.17) is 4.42 Å². The van der Waals surface area contributed by atoms with Crippen LogP contribution < -0.4 is 10.6 Å². The van der Waals surface area contributed by atoms with Gasteiger partial charge in [-0.05, 0) is 42.5 Å². The Balaban J connectivity index is 1.40. The molecule has 2 amide bonds. The van der Waals surface area contributed by atoms with E-state index in [1.54, 1.807) is 12.1 Å². The van der Waals surface area contributed by atoms with Crippen LogP contribution in [-0.4, -0.2) is 21.8 Å². The molecular formula is C24H17F3N4O3. The van der Waals surface area contributed by atoms with Crippen LogP contribution in [0, 0.1) is 17.5 Å². The molecule has 0 saturated carbocycles. The van der Waals surface area contributed by atoms with Crippen molar-refractivity contribution in [1.82, 2.24) is 9.97 Å². The van der Waals surface area contributed by atoms with Crippen LogP contribution in [0.3, 0.4) is 0 Å². The second-order valence-corrected chi connectivity index (χ2v) is 7.15. The van der Waals surface area contributed by atoms with Gasteiger partial charge in [0.15, 0.2) is 11.7 Å². The average Bonchev–Trinajstić information content (AvgIpc) is 3.29. The van der Waals surface area contributed by atoms with Gasteiger partial charge in [-0.15, -0.1) is 0 Å². The summed E-state index contributed by atoms with van der Waals surface area (Å²) in [6, 6.07) is 11.4. The zero-order valence-corrected chi connectivity index (χ0v) is 17.5. The highest BCUT2D eigenvalue weighted by atomic mass is 19.1. The van der Waals surface area contributed by atoms with Crippen molar-refractivity contribution in [3.63, 3.8) is 0 Å². The molecule has 0 aliphatic rings. The number of aryl methyl sites for hydroxylation is 1. The fraction of sp³-hybridized carbons (Fsp3) is 0.0833. The van der Waals surface area contributed by atoms with E-state index in [-0.39, 0.29) is 47.1 Å². The molecule has 10 heteroatoms. The number of benzene rings is 2. The van der Waals surface area contributed by atoms with Crippen molar-refractivity contribution in [3.8, 4) is 11.3 Å². The zero-order chi connectivity index (χ0) is 24.1. The number of hydrogen-bond acceptors (Lipinski definition) is 5. The van der Waals surface area contributed by atoms with Gasteiger partial charge in [-0.3, -0.25) is 14.6 Å². The number of carbonyl (C=O) groups excluding carboxylic acids is 2. The van der Waals surface area contributed by atoms with Gasteiger partial charge in [-0.25, -0.2) is 18.2 Å². The largest absolute Gasteiger partial charge is 0.441 e. The summed E-state index contributed by atoms with van der Waals surface area (Å²) in [5, 5.41) is 5.14. The van der Waals surface area contributed by atoms with Gasteiger partial charge in [0.05, 0.1) is 23.1 Å². The number of nitrogens with zero attached hydrogens (tertiary/aromatic N) is 2. The molecule has 0 bridgehead atoms. The van der Waals surface area contributed by atoms with Crippen molar-refractivity contribution in [3.05, 3.63) is 96.0 Å². The summed E-state index contributed by atoms with van der Waals surface area (Å²) in [6.07, 6.45) is 2.72. The third kappa shape index (κ3) is 5.47. The molecule has 0 fully saturated rings. The minimum absolute atomic E-state index is 0.0395. The highest BCUT2D eigenvalue weighted by Crippen LogP contribution is 2.26. The summed E-state index contributed by atoms with van der Waals surface area (Å²) < 4.78 is 46.2. The Bertz CT molecular complexity index is 1340. The van der Waals surface area contributed by atoms with Gasteiger partial charge in [0.25, 0.3) is 5.91 Å². The van der Waals surface area contributed by atoms with E-state index in [9.17, 15) is 22.8 Å². The van der Waals surface area contributed by atoms with Crippen LogP contribution in [0.2, 0.25) is 0 Å². The number of nitrogens with one attached hydrogen (secondary N) is 2. The van der Waals surface area contributed by atoms with Gasteiger partial charge in [0, 0.05) is 25.1 Å². The zero-order valence-electron chi connectivity index (χ0n) is 17.5. The van der Waals surface area contributed by atoms with E-state index in [0.717, 1.165) is 24.3 Å². The molecule has 2 heterocycles. The van der Waals surface area contributed by atoms with Crippen molar-refractivity contribution >= 4 is 23.2 Å². The molecule has 0 radical (unpaired) electrons. The lowest BCUT2D eigenvalue weighted by atomic mass is 10.2. The summed E-state index contributed by atoms with van der Waals surface area (Å²) in [4.78, 5) is 32.8. The van der Waals surface area contributed by atoms with E-state index in [1.165, 1.54) is 30.6 Å². The monoisotopic (exact) mass is 466 g/mol. The number of rotatable bonds is 7. The molecule has 2 aromatic heterocycles. The van der Waals surface area contributed by atoms with Crippen LogP contribution in [0.1, 0.15) is 22.8 Å². The second kappa shape index (κ2) is 9.99. The van der Waals surface area contributed by atoms with Crippen LogP contribution >= 0.6 is 0 Å². The maximum Gasteiger partial charge on any atom is 0.274 e. The van der Waals surface area contributed by atoms with Crippen molar-refractivity contribution in [1.29, 1.82) is 0 Å². The Hall–Kier alpha value is -4.47. The fourth-order valence-electron chi connectivity index (χ4n) is 3.09. The van der Waals surface area contributed by atoms with Gasteiger partial charge in [-0.1, -0.05) is 6.07 Å². The number of amides is 2. The molecule has 7 nitrogen and oxygen atoms in total. The molecule has 2 N–H and O–H groups in total. The lowest BCUT2D eigenvalue weighted by Crippen LogP contribution is -2.18. The van der Waals surface area contributed by atoms with Gasteiger partial charge in [0.1, 0.15) is 23.1 Å². The van der Waals surface area contributed by atoms with Gasteiger partial charge >= 0.3 is 0 Å². The van der Waals surface area contributed by atoms with Crippen LogP contribution in [0.25, 0.3) is 11.3 Å². The first-order chi connectivity index (χ1) is 16.4. The molecule has 0 unspecified atom stereocenters. The van der Waals surface area contributed by atoms with Crippen LogP contribution in [0.15, 0.2) is 71.4 Å². The molecule has 0 saturated heterocycles. The van der Waals surface area contributed by atoms with Crippen LogP contribution in [0.4, 0.5) is 24.5 Å². The van der Waals surface area contributed by atoms with Gasteiger partial charge < -0.3 is 15.1 Å². The van der Waals surface area contributed by atoms with Crippen molar-refractivity contribution in [2.24, 2.45) is 0 Å². The number of carbonyl (C=O) groups is 2. The summed E-state index contributed by atoms with van der Waals surface area (Å²) in [5.74, 6) is -2.88. The molecular weight excluding hydrogens is 449 g/mol. The molecule has 4 aromatic rings. The second-order valence-electron chi connectivity index (χ2n) is 7.15. The minimum Gasteiger partial charge on any atom is -0.441 e. The lowest BCUT2D eigenvalue weighted by Gasteiger charge is -2.12. The van der Waals surface area contributed by atoms with Gasteiger partial charge in [-0.2, -0.15) is 0 Å². The quantitative estimate of drug-likeness (QED) is 0.401. The van der Waals surface area contributed by atoms with Crippen LogP contribution in [0.5, 0.6) is 0 Å². The van der Waals surface area contributed by atoms with E-state index in [1.807, 2.05) is 0 Å². The standard InChI is InChI=1S/C24H17F3N4O3/c25-14-4-6-16(17(27)11-14)21-13-29-23(34-21)9-8-22(32)30-20-12-15(26)5-7-18(20)31-24(33)19-3-1-2-10-28-19/h1-7,10-13H,8-9H2,(H,30,32)(H,31,33). The number of oxazole rings is 1. The topological polar surface area (TPSA) is 97.1 Å². The normalized spacial score (nSPS) is 10.7. The number of aromatic nitrogens is 2. The molecule has 0 aliphatic heterocycles. The summed E-state index contributed by atoms with van der Waals surface area (Å²) in [7, 11) is 0. The first-order valence-electron chi connectivity index (χ1n) is 10.1. The SMILES string of the molecule is O=C(CCc1ncc(-c2ccc(F)cc2F)o1)Nc1cc(F)ccc1NC(=O)c1ccccn1. The smallest absolute Gasteiger partial charge is 0.274 e. The Kier molecular flexibility index (Phi) is 6.67. The molecule has 2 aromatic carbocycles. The maximum absolute atomic E-state index is 13.9. The summed E-state index contributed by atoms with van der Waals surface area (Å²) in [6.45, 7) is 0. The number of anilines is 2. The molecule has 34 heavy (non-hydrogen) atoms. The number of halogens is 3. The third-order valence-electron chi connectivity index (χ3n) is 4.72. The van der Waals surface area contributed by atoms with E-state index >= 15 is 0 Å².